The van der Waals surface area contributed by atoms with Crippen LogP contribution in [0.4, 0.5) is 13.2 Å². The van der Waals surface area contributed by atoms with Crippen molar-refractivity contribution < 1.29 is 32.6 Å². The van der Waals surface area contributed by atoms with Gasteiger partial charge in [-0.05, 0) is 19.1 Å². The highest BCUT2D eigenvalue weighted by molar-refractivity contribution is 7.10. The third kappa shape index (κ3) is 2.94. The van der Waals surface area contributed by atoms with Crippen molar-refractivity contribution in [3.63, 3.8) is 0 Å². The number of esters is 1. The minimum absolute atomic E-state index is 0.00634. The molecule has 2 heterocycles. The van der Waals surface area contributed by atoms with Crippen LogP contribution in [0.25, 0.3) is 10.9 Å². The number of rotatable bonds is 3. The summed E-state index contributed by atoms with van der Waals surface area (Å²) in [5.74, 6) is -3.01. The molecular formula is C17H12F3NO4S. The second-order valence-corrected chi connectivity index (χ2v) is 6.45. The number of halogens is 3. The van der Waals surface area contributed by atoms with Gasteiger partial charge >= 0.3 is 5.97 Å². The molecule has 0 saturated carbocycles. The van der Waals surface area contributed by atoms with Crippen molar-refractivity contribution in [3.8, 4) is 11.5 Å². The molecule has 136 valence electrons. The van der Waals surface area contributed by atoms with E-state index in [2.05, 4.69) is 0 Å². The first-order chi connectivity index (χ1) is 12.2. The average molecular weight is 383 g/mol. The van der Waals surface area contributed by atoms with Crippen molar-refractivity contribution in [2.45, 2.75) is 20.3 Å². The molecule has 9 heteroatoms. The summed E-state index contributed by atoms with van der Waals surface area (Å²) < 4.78 is 45.6. The lowest BCUT2D eigenvalue weighted by atomic mass is 10.2. The molecule has 0 aliphatic rings. The Bertz CT molecular complexity index is 1040. The smallest absolute Gasteiger partial charge is 0.308 e. The van der Waals surface area contributed by atoms with Gasteiger partial charge in [0, 0.05) is 23.8 Å². The molecule has 0 atom stereocenters. The van der Waals surface area contributed by atoms with Gasteiger partial charge in [-0.3, -0.25) is 14.2 Å². The van der Waals surface area contributed by atoms with Gasteiger partial charge in [0.15, 0.2) is 17.3 Å². The van der Waals surface area contributed by atoms with Crippen LogP contribution in [0.3, 0.4) is 0 Å². The summed E-state index contributed by atoms with van der Waals surface area (Å²) in [4.78, 5) is 23.9. The standard InChI is InChI=1S/C17H12F3NO4S/c1-7-15(25-8(2)22)10-4-13(23)11(18)5-12(10)21(7)17(24)9-3-14(16(19)20)26-6-9/h3-6,16,23H,1-2H3. The normalized spacial score (nSPS) is 11.3. The van der Waals surface area contributed by atoms with Crippen LogP contribution in [0.2, 0.25) is 0 Å². The number of thiophene rings is 1. The van der Waals surface area contributed by atoms with Crippen molar-refractivity contribution in [2.75, 3.05) is 0 Å². The van der Waals surface area contributed by atoms with Gasteiger partial charge in [-0.15, -0.1) is 11.3 Å². The molecule has 5 nitrogen and oxygen atoms in total. The molecule has 0 saturated heterocycles. The lowest BCUT2D eigenvalue weighted by Crippen LogP contribution is -2.13. The molecule has 0 amide bonds. The fourth-order valence-electron chi connectivity index (χ4n) is 2.64. The van der Waals surface area contributed by atoms with Gasteiger partial charge in [0.1, 0.15) is 0 Å². The topological polar surface area (TPSA) is 68.5 Å². The molecule has 0 aliphatic carbocycles. The van der Waals surface area contributed by atoms with Crippen LogP contribution < -0.4 is 4.74 Å². The Balaban J connectivity index is 2.23. The van der Waals surface area contributed by atoms with E-state index in [1.54, 1.807) is 0 Å². The molecule has 0 spiro atoms. The van der Waals surface area contributed by atoms with Crippen molar-refractivity contribution in [2.24, 2.45) is 0 Å². The number of phenols is 1. The fourth-order valence-corrected chi connectivity index (χ4v) is 3.37. The van der Waals surface area contributed by atoms with Crippen LogP contribution >= 0.6 is 11.3 Å². The zero-order valence-corrected chi connectivity index (χ0v) is 14.4. The summed E-state index contributed by atoms with van der Waals surface area (Å²) in [5.41, 5.74) is 0.215. The number of ether oxygens (including phenoxy) is 1. The molecule has 3 rings (SSSR count). The number of hydrogen-bond acceptors (Lipinski definition) is 5. The van der Waals surface area contributed by atoms with E-state index < -0.39 is 29.9 Å². The third-order valence-electron chi connectivity index (χ3n) is 3.75. The molecule has 0 fully saturated rings. The molecule has 0 unspecified atom stereocenters. The molecule has 0 aliphatic heterocycles. The van der Waals surface area contributed by atoms with Gasteiger partial charge in [0.25, 0.3) is 12.3 Å². The van der Waals surface area contributed by atoms with E-state index in [9.17, 15) is 27.9 Å². The van der Waals surface area contributed by atoms with Crippen LogP contribution in [0.1, 0.15) is 34.3 Å². The number of nitrogens with zero attached hydrogens (tertiary/aromatic N) is 1. The summed E-state index contributed by atoms with van der Waals surface area (Å²) in [6, 6.07) is 3.02. The zero-order valence-electron chi connectivity index (χ0n) is 13.5. The quantitative estimate of drug-likeness (QED) is 0.681. The lowest BCUT2D eigenvalue weighted by Gasteiger charge is -2.06. The van der Waals surface area contributed by atoms with Crippen LogP contribution in [-0.2, 0) is 4.79 Å². The molecular weight excluding hydrogens is 371 g/mol. The number of carbonyl (C=O) groups is 2. The number of carbonyl (C=O) groups excluding carboxylic acids is 2. The number of aromatic hydroxyl groups is 1. The summed E-state index contributed by atoms with van der Waals surface area (Å²) in [6.45, 7) is 2.62. The van der Waals surface area contributed by atoms with Crippen molar-refractivity contribution in [1.82, 2.24) is 4.57 Å². The predicted molar refractivity (Wildman–Crippen MR) is 88.6 cm³/mol. The third-order valence-corrected chi connectivity index (χ3v) is 4.69. The van der Waals surface area contributed by atoms with Crippen LogP contribution in [0, 0.1) is 12.7 Å². The first-order valence-electron chi connectivity index (χ1n) is 7.34. The van der Waals surface area contributed by atoms with Crippen molar-refractivity contribution >= 4 is 34.1 Å². The monoisotopic (exact) mass is 383 g/mol. The van der Waals surface area contributed by atoms with E-state index in [-0.39, 0.29) is 32.8 Å². The molecule has 0 radical (unpaired) electrons. The molecule has 0 bridgehead atoms. The first kappa shape index (κ1) is 18.0. The largest absolute Gasteiger partial charge is 0.505 e. The predicted octanol–water partition coefficient (Wildman–Crippen LogP) is 4.41. The van der Waals surface area contributed by atoms with Crippen LogP contribution in [0.15, 0.2) is 23.6 Å². The Morgan fingerprint density at radius 2 is 1.96 bits per heavy atom. The number of hydrogen-bond donors (Lipinski definition) is 1. The maximum atomic E-state index is 13.8. The Labute approximate surface area is 149 Å². The summed E-state index contributed by atoms with van der Waals surface area (Å²) >= 11 is 0.731. The summed E-state index contributed by atoms with van der Waals surface area (Å²) in [7, 11) is 0. The minimum atomic E-state index is -2.71. The molecule has 26 heavy (non-hydrogen) atoms. The second-order valence-electron chi connectivity index (χ2n) is 5.51. The highest BCUT2D eigenvalue weighted by Crippen LogP contribution is 2.37. The van der Waals surface area contributed by atoms with Crippen LogP contribution in [-0.4, -0.2) is 21.6 Å². The second kappa shape index (κ2) is 6.49. The zero-order chi connectivity index (χ0) is 19.2. The Kier molecular flexibility index (Phi) is 4.49. The minimum Gasteiger partial charge on any atom is -0.505 e. The number of fused-ring (bicyclic) bond motifs is 1. The van der Waals surface area contributed by atoms with Gasteiger partial charge < -0.3 is 9.84 Å². The highest BCUT2D eigenvalue weighted by Gasteiger charge is 2.25. The maximum Gasteiger partial charge on any atom is 0.308 e. The van der Waals surface area contributed by atoms with Gasteiger partial charge in [-0.1, -0.05) is 0 Å². The fraction of sp³-hybridized carbons (Fsp3) is 0.176. The number of aromatic nitrogens is 1. The number of benzene rings is 1. The van der Waals surface area contributed by atoms with Gasteiger partial charge in [-0.25, -0.2) is 13.2 Å². The number of phenolic OH excluding ortho intramolecular Hbond substituents is 1. The van der Waals surface area contributed by atoms with Gasteiger partial charge in [0.05, 0.1) is 21.7 Å². The first-order valence-corrected chi connectivity index (χ1v) is 8.22. The number of alkyl halides is 2. The molecule has 1 N–H and O–H groups in total. The Morgan fingerprint density at radius 1 is 1.27 bits per heavy atom. The SMILES string of the molecule is CC(=O)Oc1c(C)n(C(=O)c2csc(C(F)F)c2)c2cc(F)c(O)cc12. The van der Waals surface area contributed by atoms with E-state index in [1.807, 2.05) is 0 Å². The summed E-state index contributed by atoms with van der Waals surface area (Å²) in [5, 5.41) is 11.0. The van der Waals surface area contributed by atoms with Crippen molar-refractivity contribution in [1.29, 1.82) is 0 Å². The Hall–Kier alpha value is -2.81. The van der Waals surface area contributed by atoms with Gasteiger partial charge in [-0.2, -0.15) is 0 Å². The molecule has 3 aromatic rings. The van der Waals surface area contributed by atoms with E-state index >= 15 is 0 Å². The van der Waals surface area contributed by atoms with E-state index in [4.69, 9.17) is 4.74 Å². The van der Waals surface area contributed by atoms with E-state index in [0.29, 0.717) is 0 Å². The molecule has 1 aromatic carbocycles. The van der Waals surface area contributed by atoms with Crippen LogP contribution in [0.5, 0.6) is 11.5 Å². The van der Waals surface area contributed by atoms with E-state index in [0.717, 1.165) is 41.0 Å². The average Bonchev–Trinajstić information content (AvgIpc) is 3.13. The van der Waals surface area contributed by atoms with Crippen molar-refractivity contribution in [3.05, 3.63) is 45.5 Å². The van der Waals surface area contributed by atoms with E-state index in [1.165, 1.54) is 12.3 Å². The summed E-state index contributed by atoms with van der Waals surface area (Å²) in [6.07, 6.45) is -2.71. The van der Waals surface area contributed by atoms with Gasteiger partial charge in [0.2, 0.25) is 0 Å². The molecule has 2 aromatic heterocycles. The lowest BCUT2D eigenvalue weighted by molar-refractivity contribution is -0.131. The highest BCUT2D eigenvalue weighted by atomic mass is 32.1. The maximum absolute atomic E-state index is 13.8. The Morgan fingerprint density at radius 3 is 2.54 bits per heavy atom.